The van der Waals surface area contributed by atoms with Crippen LogP contribution in [0.4, 0.5) is 17.6 Å². The van der Waals surface area contributed by atoms with Crippen LogP contribution >= 0.6 is 11.8 Å². The van der Waals surface area contributed by atoms with Crippen LogP contribution in [0.3, 0.4) is 0 Å². The average molecular weight is 306 g/mol. The van der Waals surface area contributed by atoms with Crippen molar-refractivity contribution >= 4 is 11.8 Å². The summed E-state index contributed by atoms with van der Waals surface area (Å²) in [5, 5.41) is 11.1. The summed E-state index contributed by atoms with van der Waals surface area (Å²) in [6.07, 6.45) is -2.18. The van der Waals surface area contributed by atoms with Gasteiger partial charge in [-0.3, -0.25) is 0 Å². The van der Waals surface area contributed by atoms with Gasteiger partial charge in [0.05, 0.1) is 11.2 Å². The molecule has 2 atom stereocenters. The van der Waals surface area contributed by atoms with Crippen LogP contribution in [0.5, 0.6) is 0 Å². The lowest BCUT2D eigenvalue weighted by Gasteiger charge is -2.37. The molecule has 2 bridgehead atoms. The fourth-order valence-corrected chi connectivity index (χ4v) is 5.13. The lowest BCUT2D eigenvalue weighted by molar-refractivity contribution is -0.141. The molecule has 2 aliphatic heterocycles. The molecule has 0 radical (unpaired) electrons. The molecule has 110 valence electrons. The third-order valence-electron chi connectivity index (χ3n) is 4.11. The second-order valence-corrected chi connectivity index (χ2v) is 7.19. The molecule has 2 aliphatic rings. The number of alkyl halides is 3. The molecule has 20 heavy (non-hydrogen) atoms. The molecule has 0 saturated carbocycles. The van der Waals surface area contributed by atoms with Gasteiger partial charge in [0.25, 0.3) is 0 Å². The van der Waals surface area contributed by atoms with E-state index in [-0.39, 0.29) is 16.1 Å². The van der Waals surface area contributed by atoms with Crippen LogP contribution in [-0.4, -0.2) is 15.6 Å². The Hall–Kier alpha value is -0.750. The van der Waals surface area contributed by atoms with Gasteiger partial charge < -0.3 is 5.11 Å². The van der Waals surface area contributed by atoms with Gasteiger partial charge in [0.15, 0.2) is 0 Å². The van der Waals surface area contributed by atoms with Crippen molar-refractivity contribution in [2.24, 2.45) is 0 Å². The molecule has 3 rings (SSSR count). The van der Waals surface area contributed by atoms with Crippen molar-refractivity contribution in [2.75, 3.05) is 0 Å². The van der Waals surface area contributed by atoms with E-state index in [1.807, 2.05) is 0 Å². The van der Waals surface area contributed by atoms with Crippen molar-refractivity contribution < 1.29 is 22.7 Å². The van der Waals surface area contributed by atoms with Gasteiger partial charge in [-0.2, -0.15) is 24.9 Å². The van der Waals surface area contributed by atoms with Crippen LogP contribution in [0.25, 0.3) is 0 Å². The molecule has 2 fully saturated rings. The van der Waals surface area contributed by atoms with Gasteiger partial charge in [0.2, 0.25) is 0 Å². The Morgan fingerprint density at radius 1 is 1.15 bits per heavy atom. The first-order valence-electron chi connectivity index (χ1n) is 6.53. The van der Waals surface area contributed by atoms with E-state index in [1.165, 1.54) is 0 Å². The topological polar surface area (TPSA) is 20.2 Å². The van der Waals surface area contributed by atoms with Crippen LogP contribution in [0, 0.1) is 5.82 Å². The molecule has 6 heteroatoms. The van der Waals surface area contributed by atoms with Crippen molar-refractivity contribution in [1.29, 1.82) is 0 Å². The van der Waals surface area contributed by atoms with E-state index in [0.717, 1.165) is 25.0 Å². The standard InChI is InChI=1S/C14H14F4OS/c15-8-1-4-11(12(5-8)14(16,17)18)13(19)6-9-2-3-10(7-13)20-9/h1,4-5,9-10,19H,2-3,6-7H2. The van der Waals surface area contributed by atoms with E-state index in [0.29, 0.717) is 18.9 Å². The number of benzene rings is 1. The largest absolute Gasteiger partial charge is 0.416 e. The summed E-state index contributed by atoms with van der Waals surface area (Å²) in [6.45, 7) is 0. The van der Waals surface area contributed by atoms with E-state index >= 15 is 0 Å². The van der Waals surface area contributed by atoms with Gasteiger partial charge in [0.1, 0.15) is 5.82 Å². The number of halogens is 4. The minimum atomic E-state index is -4.66. The van der Waals surface area contributed by atoms with Gasteiger partial charge in [-0.1, -0.05) is 6.07 Å². The fraction of sp³-hybridized carbons (Fsp3) is 0.571. The Morgan fingerprint density at radius 3 is 2.30 bits per heavy atom. The quantitative estimate of drug-likeness (QED) is 0.789. The first-order chi connectivity index (χ1) is 9.28. The second kappa shape index (κ2) is 4.63. The third kappa shape index (κ3) is 2.44. The molecule has 2 unspecified atom stereocenters. The van der Waals surface area contributed by atoms with Crippen LogP contribution in [0.1, 0.15) is 36.8 Å². The van der Waals surface area contributed by atoms with Crippen molar-refractivity contribution in [2.45, 2.75) is 48.0 Å². The number of rotatable bonds is 1. The first kappa shape index (κ1) is 14.2. The molecule has 0 aromatic heterocycles. The summed E-state index contributed by atoms with van der Waals surface area (Å²) >= 11 is 1.75. The highest BCUT2D eigenvalue weighted by atomic mass is 32.2. The number of hydrogen-bond donors (Lipinski definition) is 1. The molecule has 1 N–H and O–H groups in total. The SMILES string of the molecule is OC1(c2ccc(F)cc2C(F)(F)F)CC2CCC(C1)S2. The fourth-order valence-electron chi connectivity index (χ4n) is 3.29. The molecule has 1 aromatic carbocycles. The maximum atomic E-state index is 13.1. The second-order valence-electron chi connectivity index (χ2n) is 5.58. The van der Waals surface area contributed by atoms with Crippen LogP contribution < -0.4 is 0 Å². The number of fused-ring (bicyclic) bond motifs is 2. The van der Waals surface area contributed by atoms with Crippen molar-refractivity contribution in [1.82, 2.24) is 0 Å². The molecule has 0 spiro atoms. The van der Waals surface area contributed by atoms with Crippen molar-refractivity contribution in [3.63, 3.8) is 0 Å². The lowest BCUT2D eigenvalue weighted by Crippen LogP contribution is -2.36. The van der Waals surface area contributed by atoms with Crippen LogP contribution in [-0.2, 0) is 11.8 Å². The predicted molar refractivity (Wildman–Crippen MR) is 68.9 cm³/mol. The molecule has 2 heterocycles. The van der Waals surface area contributed by atoms with Crippen molar-refractivity contribution in [3.05, 3.63) is 35.1 Å². The van der Waals surface area contributed by atoms with Gasteiger partial charge in [-0.05, 0) is 43.4 Å². The Labute approximate surface area is 118 Å². The zero-order valence-electron chi connectivity index (χ0n) is 10.6. The molecule has 1 aromatic rings. The molecule has 0 amide bonds. The molecule has 1 nitrogen and oxygen atoms in total. The minimum Gasteiger partial charge on any atom is -0.385 e. The number of hydrogen-bond acceptors (Lipinski definition) is 2. The minimum absolute atomic E-state index is 0.177. The molecule has 2 saturated heterocycles. The van der Waals surface area contributed by atoms with E-state index in [1.54, 1.807) is 11.8 Å². The van der Waals surface area contributed by atoms with Crippen molar-refractivity contribution in [3.8, 4) is 0 Å². The van der Waals surface area contributed by atoms with E-state index in [9.17, 15) is 22.7 Å². The monoisotopic (exact) mass is 306 g/mol. The Morgan fingerprint density at radius 2 is 1.75 bits per heavy atom. The smallest absolute Gasteiger partial charge is 0.385 e. The van der Waals surface area contributed by atoms with Gasteiger partial charge in [0, 0.05) is 10.5 Å². The van der Waals surface area contributed by atoms with Crippen LogP contribution in [0.15, 0.2) is 18.2 Å². The van der Waals surface area contributed by atoms with Gasteiger partial charge >= 0.3 is 6.18 Å². The Balaban J connectivity index is 2.05. The summed E-state index contributed by atoms with van der Waals surface area (Å²) < 4.78 is 52.4. The lowest BCUT2D eigenvalue weighted by atomic mass is 9.83. The first-order valence-corrected chi connectivity index (χ1v) is 7.47. The normalized spacial score (nSPS) is 33.5. The Kier molecular flexibility index (Phi) is 3.29. The van der Waals surface area contributed by atoms with E-state index in [2.05, 4.69) is 0 Å². The average Bonchev–Trinajstić information content (AvgIpc) is 2.68. The van der Waals surface area contributed by atoms with E-state index in [4.69, 9.17) is 0 Å². The van der Waals surface area contributed by atoms with Gasteiger partial charge in [-0.25, -0.2) is 4.39 Å². The van der Waals surface area contributed by atoms with Gasteiger partial charge in [-0.15, -0.1) is 0 Å². The zero-order chi connectivity index (χ0) is 14.5. The maximum absolute atomic E-state index is 13.1. The number of aliphatic hydroxyl groups is 1. The summed E-state index contributed by atoms with van der Waals surface area (Å²) in [5.41, 5.74) is -2.72. The highest BCUT2D eigenvalue weighted by Gasteiger charge is 2.48. The summed E-state index contributed by atoms with van der Waals surface area (Å²) in [7, 11) is 0. The zero-order valence-corrected chi connectivity index (χ0v) is 11.4. The molecule has 0 aliphatic carbocycles. The Bertz CT molecular complexity index is 516. The predicted octanol–water partition coefficient (Wildman–Crippen LogP) is 4.09. The third-order valence-corrected chi connectivity index (χ3v) is 5.69. The summed E-state index contributed by atoms with van der Waals surface area (Å²) in [4.78, 5) is 0. The number of thioether (sulfide) groups is 1. The molecular formula is C14H14F4OS. The highest BCUT2D eigenvalue weighted by Crippen LogP contribution is 2.52. The van der Waals surface area contributed by atoms with E-state index < -0.39 is 23.2 Å². The molecular weight excluding hydrogens is 292 g/mol. The van der Waals surface area contributed by atoms with Crippen LogP contribution in [0.2, 0.25) is 0 Å². The highest BCUT2D eigenvalue weighted by molar-refractivity contribution is 8.00. The summed E-state index contributed by atoms with van der Waals surface area (Å²) in [6, 6.07) is 2.57. The maximum Gasteiger partial charge on any atom is 0.416 e. The summed E-state index contributed by atoms with van der Waals surface area (Å²) in [5.74, 6) is -0.933.